The number of hydrogen-bond acceptors (Lipinski definition) is 5. The van der Waals surface area contributed by atoms with E-state index >= 15 is 0 Å². The van der Waals surface area contributed by atoms with Gasteiger partial charge in [-0.25, -0.2) is 9.69 Å². The minimum absolute atomic E-state index is 0.325. The fourth-order valence-electron chi connectivity index (χ4n) is 2.15. The number of likely N-dealkylation sites (N-methyl/N-ethyl adjacent to an activating group) is 1. The van der Waals surface area contributed by atoms with E-state index in [0.717, 1.165) is 9.80 Å². The third kappa shape index (κ3) is 2.62. The first-order valence-corrected chi connectivity index (χ1v) is 6.22. The molecule has 7 heteroatoms. The van der Waals surface area contributed by atoms with E-state index in [1.165, 1.54) is 33.0 Å². The lowest BCUT2D eigenvalue weighted by molar-refractivity contribution is -0.133. The molecule has 1 saturated heterocycles. The van der Waals surface area contributed by atoms with Gasteiger partial charge in [-0.1, -0.05) is 12.1 Å². The summed E-state index contributed by atoms with van der Waals surface area (Å²) < 4.78 is 4.89. The maximum Gasteiger partial charge on any atom is 0.334 e. The van der Waals surface area contributed by atoms with Gasteiger partial charge in [0.25, 0.3) is 5.91 Å². The second-order valence-corrected chi connectivity index (χ2v) is 4.63. The summed E-state index contributed by atoms with van der Waals surface area (Å²) in [6.45, 7) is 2.50. The predicted octanol–water partition coefficient (Wildman–Crippen LogP) is 1.09. The molecule has 21 heavy (non-hydrogen) atoms. The number of hydrogen-bond donors (Lipinski definition) is 0. The minimum atomic E-state index is -0.980. The number of imide groups is 2. The van der Waals surface area contributed by atoms with Crippen LogP contribution in [0.2, 0.25) is 0 Å². The molecule has 0 unspecified atom stereocenters. The molecule has 0 aromatic heterocycles. The molecule has 0 radical (unpaired) electrons. The van der Waals surface area contributed by atoms with Gasteiger partial charge in [0.05, 0.1) is 0 Å². The average Bonchev–Trinajstić information content (AvgIpc) is 2.63. The molecule has 2 rings (SSSR count). The molecule has 1 aliphatic rings. The van der Waals surface area contributed by atoms with Crippen molar-refractivity contribution < 1.29 is 23.9 Å². The summed E-state index contributed by atoms with van der Waals surface area (Å²) in [6.07, 6.45) is 0. The first-order chi connectivity index (χ1) is 9.82. The monoisotopic (exact) mass is 290 g/mol. The van der Waals surface area contributed by atoms with Gasteiger partial charge in [0.2, 0.25) is 5.91 Å². The van der Waals surface area contributed by atoms with Crippen LogP contribution >= 0.6 is 0 Å². The lowest BCUT2D eigenvalue weighted by Gasteiger charge is -2.18. The van der Waals surface area contributed by atoms with Crippen molar-refractivity contribution >= 4 is 23.8 Å². The molecular weight excluding hydrogens is 276 g/mol. The Kier molecular flexibility index (Phi) is 3.75. The van der Waals surface area contributed by atoms with Crippen molar-refractivity contribution in [3.05, 3.63) is 29.8 Å². The van der Waals surface area contributed by atoms with E-state index in [1.54, 1.807) is 12.1 Å². The van der Waals surface area contributed by atoms with Gasteiger partial charge in [0.1, 0.15) is 11.8 Å². The van der Waals surface area contributed by atoms with Crippen LogP contribution in [-0.2, 0) is 14.4 Å². The second kappa shape index (κ2) is 5.35. The van der Waals surface area contributed by atoms with Crippen LogP contribution in [0.25, 0.3) is 0 Å². The maximum absolute atomic E-state index is 12.1. The van der Waals surface area contributed by atoms with Crippen LogP contribution < -0.4 is 4.74 Å². The van der Waals surface area contributed by atoms with E-state index in [9.17, 15) is 19.2 Å². The highest BCUT2D eigenvalue weighted by atomic mass is 16.5. The molecule has 1 aromatic rings. The molecule has 0 N–H and O–H groups in total. The van der Waals surface area contributed by atoms with Gasteiger partial charge < -0.3 is 4.74 Å². The number of carbonyl (C=O) groups is 4. The molecule has 7 nitrogen and oxygen atoms in total. The van der Waals surface area contributed by atoms with E-state index in [0.29, 0.717) is 11.3 Å². The molecule has 110 valence electrons. The minimum Gasteiger partial charge on any atom is -0.427 e. The summed E-state index contributed by atoms with van der Waals surface area (Å²) in [5, 5.41) is 0. The highest BCUT2D eigenvalue weighted by molar-refractivity contribution is 6.11. The Morgan fingerprint density at radius 3 is 2.14 bits per heavy atom. The first-order valence-electron chi connectivity index (χ1n) is 6.22. The Morgan fingerprint density at radius 1 is 1.10 bits per heavy atom. The Bertz CT molecular complexity index is 623. The highest BCUT2D eigenvalue weighted by Gasteiger charge is 2.46. The van der Waals surface area contributed by atoms with E-state index in [-0.39, 0.29) is 0 Å². The van der Waals surface area contributed by atoms with E-state index in [1.807, 2.05) is 0 Å². The second-order valence-electron chi connectivity index (χ2n) is 4.63. The molecule has 0 aliphatic carbocycles. The van der Waals surface area contributed by atoms with Crippen LogP contribution in [0.15, 0.2) is 24.3 Å². The largest absolute Gasteiger partial charge is 0.427 e. The molecule has 1 aliphatic heterocycles. The van der Waals surface area contributed by atoms with E-state index in [4.69, 9.17) is 4.74 Å². The molecular formula is C14H14N2O5. The number of benzene rings is 1. The number of urea groups is 1. The summed E-state index contributed by atoms with van der Waals surface area (Å²) in [6, 6.07) is 4.47. The quantitative estimate of drug-likeness (QED) is 0.462. The first kappa shape index (κ1) is 14.7. The lowest BCUT2D eigenvalue weighted by Crippen LogP contribution is -2.34. The van der Waals surface area contributed by atoms with Crippen molar-refractivity contribution in [2.75, 3.05) is 7.05 Å². The van der Waals surface area contributed by atoms with E-state index < -0.39 is 29.9 Å². The number of esters is 1. The lowest BCUT2D eigenvalue weighted by atomic mass is 10.1. The third-order valence-corrected chi connectivity index (χ3v) is 3.11. The summed E-state index contributed by atoms with van der Waals surface area (Å²) in [4.78, 5) is 48.3. The topological polar surface area (TPSA) is 84.0 Å². The Morgan fingerprint density at radius 2 is 1.67 bits per heavy atom. The maximum atomic E-state index is 12.1. The Balaban J connectivity index is 2.35. The fourth-order valence-corrected chi connectivity index (χ4v) is 2.15. The smallest absolute Gasteiger partial charge is 0.334 e. The number of ether oxygens (including phenoxy) is 1. The summed E-state index contributed by atoms with van der Waals surface area (Å²) in [5.74, 6) is -1.12. The van der Waals surface area contributed by atoms with Gasteiger partial charge in [-0.2, -0.15) is 0 Å². The van der Waals surface area contributed by atoms with Gasteiger partial charge in [-0.05, 0) is 17.7 Å². The number of rotatable bonds is 2. The van der Waals surface area contributed by atoms with Gasteiger partial charge >= 0.3 is 12.0 Å². The average molecular weight is 290 g/mol. The summed E-state index contributed by atoms with van der Waals surface area (Å²) in [7, 11) is 1.33. The number of carbonyl (C=O) groups excluding carboxylic acids is 4. The van der Waals surface area contributed by atoms with Crippen LogP contribution in [0.4, 0.5) is 4.79 Å². The molecule has 1 atom stereocenters. The molecule has 1 fully saturated rings. The summed E-state index contributed by atoms with van der Waals surface area (Å²) >= 11 is 0. The molecule has 1 heterocycles. The number of nitrogens with zero attached hydrogens (tertiary/aromatic N) is 2. The molecule has 0 saturated carbocycles. The van der Waals surface area contributed by atoms with E-state index in [2.05, 4.69) is 0 Å². The molecule has 0 bridgehead atoms. The van der Waals surface area contributed by atoms with Crippen LogP contribution in [0, 0.1) is 0 Å². The van der Waals surface area contributed by atoms with Gasteiger partial charge in [-0.3, -0.25) is 19.3 Å². The van der Waals surface area contributed by atoms with Crippen molar-refractivity contribution in [2.45, 2.75) is 19.9 Å². The Hall–Kier alpha value is -2.70. The normalized spacial score (nSPS) is 18.1. The van der Waals surface area contributed by atoms with Crippen molar-refractivity contribution in [1.82, 2.24) is 9.80 Å². The standard InChI is InChI=1S/C14H14N2O5/c1-8(17)16-12(13(19)15(3)14(16)20)10-4-6-11(7-5-10)21-9(2)18/h4-7,12H,1-3H3/t12-/m0/s1. The molecule has 4 amide bonds. The Labute approximate surface area is 121 Å². The summed E-state index contributed by atoms with van der Waals surface area (Å²) in [5.41, 5.74) is 0.476. The van der Waals surface area contributed by atoms with Gasteiger partial charge in [-0.15, -0.1) is 0 Å². The highest BCUT2D eigenvalue weighted by Crippen LogP contribution is 2.31. The fraction of sp³-hybridized carbons (Fsp3) is 0.286. The van der Waals surface area contributed by atoms with Crippen molar-refractivity contribution in [3.8, 4) is 5.75 Å². The van der Waals surface area contributed by atoms with Gasteiger partial charge in [0, 0.05) is 20.9 Å². The number of amides is 4. The van der Waals surface area contributed by atoms with Crippen LogP contribution in [0.5, 0.6) is 5.75 Å². The zero-order valence-corrected chi connectivity index (χ0v) is 11.8. The van der Waals surface area contributed by atoms with Crippen LogP contribution in [0.3, 0.4) is 0 Å². The zero-order chi connectivity index (χ0) is 15.7. The van der Waals surface area contributed by atoms with Crippen molar-refractivity contribution in [3.63, 3.8) is 0 Å². The molecule has 0 spiro atoms. The van der Waals surface area contributed by atoms with Crippen molar-refractivity contribution in [2.24, 2.45) is 0 Å². The third-order valence-electron chi connectivity index (χ3n) is 3.11. The van der Waals surface area contributed by atoms with Gasteiger partial charge in [0.15, 0.2) is 0 Å². The molecule has 1 aromatic carbocycles. The predicted molar refractivity (Wildman–Crippen MR) is 71.2 cm³/mol. The van der Waals surface area contributed by atoms with Crippen LogP contribution in [0.1, 0.15) is 25.5 Å². The zero-order valence-electron chi connectivity index (χ0n) is 11.8. The van der Waals surface area contributed by atoms with Crippen LogP contribution in [-0.4, -0.2) is 40.7 Å². The SMILES string of the molecule is CC(=O)Oc1ccc([C@H]2C(=O)N(C)C(=O)N2C(C)=O)cc1. The van der Waals surface area contributed by atoms with Crippen molar-refractivity contribution in [1.29, 1.82) is 0 Å².